The Kier molecular flexibility index (Phi) is 4.79. The lowest BCUT2D eigenvalue weighted by Gasteiger charge is -2.22. The lowest BCUT2D eigenvalue weighted by Crippen LogP contribution is -2.25. The Morgan fingerprint density at radius 2 is 2.53 bits per heavy atom. The first-order chi connectivity index (χ1) is 8.24. The molecule has 5 heteroatoms. The Bertz CT molecular complexity index is 358. The smallest absolute Gasteiger partial charge is 0.110 e. The fourth-order valence-electron chi connectivity index (χ4n) is 2.32. The number of likely N-dealkylation sites (tertiary alicyclic amines) is 1. The first kappa shape index (κ1) is 13.3. The van der Waals surface area contributed by atoms with E-state index in [0.717, 1.165) is 25.4 Å². The Labute approximate surface area is 112 Å². The largest absolute Gasteiger partial charge is 0.384 e. The minimum absolute atomic E-state index is 0.402. The molecule has 96 valence electrons. The van der Waals surface area contributed by atoms with Crippen molar-refractivity contribution in [3.63, 3.8) is 0 Å². The molecular formula is C12H19ClN2OS. The van der Waals surface area contributed by atoms with Gasteiger partial charge >= 0.3 is 0 Å². The van der Waals surface area contributed by atoms with Crippen molar-refractivity contribution in [2.45, 2.75) is 25.3 Å². The molecule has 2 atom stereocenters. The number of hydrogen-bond acceptors (Lipinski definition) is 4. The lowest BCUT2D eigenvalue weighted by atomic mass is 10.1. The van der Waals surface area contributed by atoms with Crippen molar-refractivity contribution < 1.29 is 4.74 Å². The molecule has 1 fully saturated rings. The number of nitrogens with zero attached hydrogens (tertiary/aromatic N) is 2. The third kappa shape index (κ3) is 3.19. The predicted octanol–water partition coefficient (Wildman–Crippen LogP) is 2.91. The van der Waals surface area contributed by atoms with Crippen LogP contribution in [0.15, 0.2) is 5.38 Å². The SMILES string of the molecule is COCC1CCN(C(C)c2nc(CCl)cs2)C1. The average molecular weight is 275 g/mol. The quantitative estimate of drug-likeness (QED) is 0.772. The molecule has 3 nitrogen and oxygen atoms in total. The van der Waals surface area contributed by atoms with Gasteiger partial charge in [0.1, 0.15) is 5.01 Å². The molecule has 1 aromatic heterocycles. The molecule has 0 N–H and O–H groups in total. The van der Waals surface area contributed by atoms with Gasteiger partial charge in [0.25, 0.3) is 0 Å². The third-order valence-corrected chi connectivity index (χ3v) is 4.67. The van der Waals surface area contributed by atoms with Crippen LogP contribution in [0.5, 0.6) is 0 Å². The highest BCUT2D eigenvalue weighted by atomic mass is 35.5. The maximum Gasteiger partial charge on any atom is 0.110 e. The Morgan fingerprint density at radius 3 is 3.18 bits per heavy atom. The van der Waals surface area contributed by atoms with Crippen molar-refractivity contribution in [3.05, 3.63) is 16.1 Å². The summed E-state index contributed by atoms with van der Waals surface area (Å²) < 4.78 is 5.22. The number of aromatic nitrogens is 1. The average Bonchev–Trinajstić information content (AvgIpc) is 2.97. The second-order valence-corrected chi connectivity index (χ2v) is 5.75. The highest BCUT2D eigenvalue weighted by Crippen LogP contribution is 2.29. The highest BCUT2D eigenvalue weighted by Gasteiger charge is 2.27. The van der Waals surface area contributed by atoms with Crippen molar-refractivity contribution in [1.29, 1.82) is 0 Å². The molecule has 1 aliphatic rings. The number of halogens is 1. The fraction of sp³-hybridized carbons (Fsp3) is 0.750. The molecule has 0 radical (unpaired) electrons. The minimum atomic E-state index is 0.402. The van der Waals surface area contributed by atoms with E-state index in [1.54, 1.807) is 18.4 Å². The van der Waals surface area contributed by atoms with Gasteiger partial charge in [-0.25, -0.2) is 4.98 Å². The first-order valence-electron chi connectivity index (χ1n) is 5.97. The van der Waals surface area contributed by atoms with Crippen LogP contribution in [-0.2, 0) is 10.6 Å². The topological polar surface area (TPSA) is 25.4 Å². The van der Waals surface area contributed by atoms with Crippen LogP contribution in [-0.4, -0.2) is 36.7 Å². The molecular weight excluding hydrogens is 256 g/mol. The standard InChI is InChI=1S/C12H19ClN2OS/c1-9(12-14-11(5-13)8-17-12)15-4-3-10(6-15)7-16-2/h8-10H,3-7H2,1-2H3. The highest BCUT2D eigenvalue weighted by molar-refractivity contribution is 7.09. The van der Waals surface area contributed by atoms with Gasteiger partial charge in [0.05, 0.1) is 24.2 Å². The number of thiazole rings is 1. The molecule has 1 aromatic rings. The van der Waals surface area contributed by atoms with E-state index in [0.29, 0.717) is 17.8 Å². The van der Waals surface area contributed by atoms with Crippen molar-refractivity contribution in [1.82, 2.24) is 9.88 Å². The number of methoxy groups -OCH3 is 1. The van der Waals surface area contributed by atoms with E-state index in [9.17, 15) is 0 Å². The summed E-state index contributed by atoms with van der Waals surface area (Å²) >= 11 is 7.50. The first-order valence-corrected chi connectivity index (χ1v) is 7.39. The molecule has 0 amide bonds. The van der Waals surface area contributed by atoms with Crippen LogP contribution in [0.25, 0.3) is 0 Å². The Morgan fingerprint density at radius 1 is 1.71 bits per heavy atom. The van der Waals surface area contributed by atoms with Crippen LogP contribution in [0.1, 0.15) is 30.1 Å². The van der Waals surface area contributed by atoms with Gasteiger partial charge in [-0.05, 0) is 25.8 Å². The van der Waals surface area contributed by atoms with Crippen LogP contribution in [0.4, 0.5) is 0 Å². The molecule has 17 heavy (non-hydrogen) atoms. The van der Waals surface area contributed by atoms with Gasteiger partial charge in [0.15, 0.2) is 0 Å². The van der Waals surface area contributed by atoms with E-state index in [2.05, 4.69) is 22.2 Å². The van der Waals surface area contributed by atoms with Crippen molar-refractivity contribution >= 4 is 22.9 Å². The van der Waals surface area contributed by atoms with Gasteiger partial charge in [-0.15, -0.1) is 22.9 Å². The molecule has 1 saturated heterocycles. The van der Waals surface area contributed by atoms with E-state index >= 15 is 0 Å². The third-order valence-electron chi connectivity index (χ3n) is 3.33. The molecule has 0 spiro atoms. The molecule has 2 rings (SSSR count). The van der Waals surface area contributed by atoms with E-state index in [1.807, 2.05) is 0 Å². The maximum atomic E-state index is 5.78. The van der Waals surface area contributed by atoms with Gasteiger partial charge in [-0.2, -0.15) is 0 Å². The monoisotopic (exact) mass is 274 g/mol. The molecule has 2 heterocycles. The van der Waals surface area contributed by atoms with Gasteiger partial charge in [-0.1, -0.05) is 0 Å². The number of rotatable bonds is 5. The van der Waals surface area contributed by atoms with E-state index in [1.165, 1.54) is 11.4 Å². The van der Waals surface area contributed by atoms with Gasteiger partial charge in [0.2, 0.25) is 0 Å². The fourth-order valence-corrected chi connectivity index (χ4v) is 3.46. The summed E-state index contributed by atoms with van der Waals surface area (Å²) in [7, 11) is 1.78. The lowest BCUT2D eigenvalue weighted by molar-refractivity contribution is 0.148. The molecule has 2 unspecified atom stereocenters. The normalized spacial score (nSPS) is 23.1. The summed E-state index contributed by atoms with van der Waals surface area (Å²) in [5.41, 5.74) is 0.992. The van der Waals surface area contributed by atoms with Crippen LogP contribution in [0.2, 0.25) is 0 Å². The number of alkyl halides is 1. The summed E-state index contributed by atoms with van der Waals surface area (Å²) in [5.74, 6) is 1.19. The summed E-state index contributed by atoms with van der Waals surface area (Å²) in [5, 5.41) is 3.24. The molecule has 0 aliphatic carbocycles. The maximum absolute atomic E-state index is 5.78. The van der Waals surface area contributed by atoms with Crippen LogP contribution in [0, 0.1) is 5.92 Å². The van der Waals surface area contributed by atoms with E-state index in [-0.39, 0.29) is 0 Å². The minimum Gasteiger partial charge on any atom is -0.384 e. The zero-order chi connectivity index (χ0) is 12.3. The molecule has 0 bridgehead atoms. The molecule has 0 saturated carbocycles. The predicted molar refractivity (Wildman–Crippen MR) is 71.6 cm³/mol. The van der Waals surface area contributed by atoms with Crippen molar-refractivity contribution in [2.24, 2.45) is 5.92 Å². The van der Waals surface area contributed by atoms with Crippen LogP contribution in [0.3, 0.4) is 0 Å². The van der Waals surface area contributed by atoms with Crippen molar-refractivity contribution in [2.75, 3.05) is 26.8 Å². The van der Waals surface area contributed by atoms with Gasteiger partial charge < -0.3 is 4.74 Å². The second-order valence-electron chi connectivity index (χ2n) is 4.59. The number of ether oxygens (including phenoxy) is 1. The Hall–Kier alpha value is -0.160. The summed E-state index contributed by atoms with van der Waals surface area (Å²) in [6.07, 6.45) is 1.23. The molecule has 0 aromatic carbocycles. The van der Waals surface area contributed by atoms with Crippen molar-refractivity contribution in [3.8, 4) is 0 Å². The van der Waals surface area contributed by atoms with Crippen LogP contribution < -0.4 is 0 Å². The van der Waals surface area contributed by atoms with E-state index < -0.39 is 0 Å². The summed E-state index contributed by atoms with van der Waals surface area (Å²) in [6, 6.07) is 0.402. The molecule has 1 aliphatic heterocycles. The second kappa shape index (κ2) is 6.14. The number of hydrogen-bond donors (Lipinski definition) is 0. The Balaban J connectivity index is 1.94. The van der Waals surface area contributed by atoms with Gasteiger partial charge in [0, 0.05) is 19.0 Å². The van der Waals surface area contributed by atoms with Crippen LogP contribution >= 0.6 is 22.9 Å². The zero-order valence-corrected chi connectivity index (χ0v) is 11.9. The van der Waals surface area contributed by atoms with Gasteiger partial charge in [-0.3, -0.25) is 4.90 Å². The summed E-state index contributed by atoms with van der Waals surface area (Å²) in [4.78, 5) is 7.04. The zero-order valence-electron chi connectivity index (χ0n) is 10.4. The summed E-state index contributed by atoms with van der Waals surface area (Å²) in [6.45, 7) is 5.36. The van der Waals surface area contributed by atoms with E-state index in [4.69, 9.17) is 16.3 Å².